The van der Waals surface area contributed by atoms with Gasteiger partial charge in [0.05, 0.1) is 12.5 Å². The third-order valence-corrected chi connectivity index (χ3v) is 10.1. The summed E-state index contributed by atoms with van der Waals surface area (Å²) in [5.74, 6) is -4.02. The Balaban J connectivity index is 1.40. The molecule has 4 atom stereocenters. The molecule has 3 aliphatic rings. The van der Waals surface area contributed by atoms with Crippen LogP contribution in [0.1, 0.15) is 111 Å². The number of hydrogen-bond acceptors (Lipinski definition) is 9. The van der Waals surface area contributed by atoms with E-state index in [2.05, 4.69) is 21.3 Å². The highest BCUT2D eigenvalue weighted by molar-refractivity contribution is 6.38. The van der Waals surface area contributed by atoms with Gasteiger partial charge in [-0.25, -0.2) is 9.59 Å². The zero-order chi connectivity index (χ0) is 39.4. The molecule has 0 bridgehead atoms. The highest BCUT2D eigenvalue weighted by atomic mass is 16.6. The minimum absolute atomic E-state index is 0.0552. The molecule has 1 heterocycles. The van der Waals surface area contributed by atoms with E-state index in [9.17, 15) is 33.6 Å². The van der Waals surface area contributed by atoms with E-state index < -0.39 is 71.2 Å². The standard InChI is InChI=1S/C40H59N5O9/c1-25(2)32(38(51)53-24-27-13-8-6-9-14-27)43-39(52)44-33(28-15-10-7-11-16-28)37(50)45-22-12-17-30(45)35(48)42-29(23-26-18-19-26)34(47)36(49)41-21-20-31(46)54-40(3,4)5/h6,8-9,13-14,25-26,28-30,32-33H,7,10-12,15-24H2,1-5H3,(H,41,49)(H,42,48)(H2,43,44,52). The SMILES string of the molecule is CC(C)C(NC(=O)NC(C(=O)N1CCCC1C(=O)NC(CC1CC1)C(=O)C(=O)NCCC(=O)OC(C)(C)C)C1CCCCC1)C(=O)OCc1ccccc1. The number of Topliss-reactive ketones (excluding diaryl/α,β-unsaturated/α-hetero) is 1. The topological polar surface area (TPSA) is 189 Å². The number of hydrogen-bond donors (Lipinski definition) is 4. The second kappa shape index (κ2) is 19.7. The van der Waals surface area contributed by atoms with Crippen LogP contribution in [0.15, 0.2) is 30.3 Å². The lowest BCUT2D eigenvalue weighted by Gasteiger charge is -2.35. The number of likely N-dealkylation sites (tertiary alicyclic amines) is 1. The van der Waals surface area contributed by atoms with Crippen molar-refractivity contribution in [2.24, 2.45) is 17.8 Å². The second-order valence-corrected chi connectivity index (χ2v) is 16.2. The van der Waals surface area contributed by atoms with Crippen LogP contribution in [0.2, 0.25) is 0 Å². The lowest BCUT2D eigenvalue weighted by molar-refractivity contribution is -0.155. The van der Waals surface area contributed by atoms with Crippen molar-refractivity contribution in [1.82, 2.24) is 26.2 Å². The summed E-state index contributed by atoms with van der Waals surface area (Å²) in [5, 5.41) is 10.8. The Labute approximate surface area is 318 Å². The Morgan fingerprint density at radius 3 is 2.17 bits per heavy atom. The molecule has 1 aromatic carbocycles. The fraction of sp³-hybridized carbons (Fsp3) is 0.675. The predicted octanol–water partition coefficient (Wildman–Crippen LogP) is 3.70. The molecule has 1 aromatic rings. The van der Waals surface area contributed by atoms with E-state index in [1.54, 1.807) is 34.6 Å². The van der Waals surface area contributed by atoms with Gasteiger partial charge in [-0.1, -0.05) is 76.3 Å². The molecular weight excluding hydrogens is 694 g/mol. The molecule has 0 spiro atoms. The van der Waals surface area contributed by atoms with Gasteiger partial charge in [-0.15, -0.1) is 0 Å². The van der Waals surface area contributed by atoms with Crippen molar-refractivity contribution >= 4 is 41.5 Å². The van der Waals surface area contributed by atoms with Crippen molar-refractivity contribution < 1.29 is 43.0 Å². The van der Waals surface area contributed by atoms with Crippen molar-refractivity contribution in [3.05, 3.63) is 35.9 Å². The first-order valence-electron chi connectivity index (χ1n) is 19.5. The number of amides is 5. The lowest BCUT2D eigenvalue weighted by Crippen LogP contribution is -2.60. The number of ether oxygens (including phenoxy) is 2. The normalized spacial score (nSPS) is 19.2. The van der Waals surface area contributed by atoms with Crippen molar-refractivity contribution in [3.8, 4) is 0 Å². The Morgan fingerprint density at radius 2 is 1.54 bits per heavy atom. The van der Waals surface area contributed by atoms with E-state index in [-0.39, 0.29) is 43.9 Å². The van der Waals surface area contributed by atoms with E-state index in [1.807, 2.05) is 30.3 Å². The molecule has 298 valence electrons. The van der Waals surface area contributed by atoms with Gasteiger partial charge in [0.2, 0.25) is 17.6 Å². The average molecular weight is 754 g/mol. The summed E-state index contributed by atoms with van der Waals surface area (Å²) in [5.41, 5.74) is 0.132. The molecule has 2 aliphatic carbocycles. The van der Waals surface area contributed by atoms with Crippen molar-refractivity contribution in [3.63, 3.8) is 0 Å². The molecule has 54 heavy (non-hydrogen) atoms. The summed E-state index contributed by atoms with van der Waals surface area (Å²) in [6.45, 7) is 9.04. The summed E-state index contributed by atoms with van der Waals surface area (Å²) in [4.78, 5) is 94.4. The number of esters is 2. The van der Waals surface area contributed by atoms with Crippen LogP contribution in [0.25, 0.3) is 0 Å². The zero-order valence-electron chi connectivity index (χ0n) is 32.4. The minimum atomic E-state index is -1.09. The van der Waals surface area contributed by atoms with Gasteiger partial charge in [-0.2, -0.15) is 0 Å². The van der Waals surface area contributed by atoms with Crippen LogP contribution in [-0.2, 0) is 44.8 Å². The van der Waals surface area contributed by atoms with E-state index in [0.29, 0.717) is 19.3 Å². The molecule has 0 radical (unpaired) electrons. The van der Waals surface area contributed by atoms with Crippen LogP contribution in [-0.4, -0.2) is 89.2 Å². The number of carbonyl (C=O) groups is 7. The van der Waals surface area contributed by atoms with Crippen molar-refractivity contribution in [1.29, 1.82) is 0 Å². The van der Waals surface area contributed by atoms with Crippen LogP contribution in [0.4, 0.5) is 4.79 Å². The fourth-order valence-corrected chi connectivity index (χ4v) is 7.07. The van der Waals surface area contributed by atoms with Gasteiger partial charge >= 0.3 is 18.0 Å². The second-order valence-electron chi connectivity index (χ2n) is 16.2. The van der Waals surface area contributed by atoms with E-state index >= 15 is 0 Å². The maximum atomic E-state index is 14.3. The molecule has 1 saturated heterocycles. The summed E-state index contributed by atoms with van der Waals surface area (Å²) >= 11 is 0. The maximum absolute atomic E-state index is 14.3. The lowest BCUT2D eigenvalue weighted by atomic mass is 9.83. The van der Waals surface area contributed by atoms with Crippen LogP contribution >= 0.6 is 0 Å². The van der Waals surface area contributed by atoms with Gasteiger partial charge < -0.3 is 35.6 Å². The van der Waals surface area contributed by atoms with E-state index in [1.165, 1.54) is 4.90 Å². The predicted molar refractivity (Wildman–Crippen MR) is 199 cm³/mol. The van der Waals surface area contributed by atoms with Crippen LogP contribution in [0.5, 0.6) is 0 Å². The highest BCUT2D eigenvalue weighted by Gasteiger charge is 2.43. The zero-order valence-corrected chi connectivity index (χ0v) is 32.4. The molecule has 0 aromatic heterocycles. The molecule has 2 saturated carbocycles. The Morgan fingerprint density at radius 1 is 0.852 bits per heavy atom. The molecule has 4 unspecified atom stereocenters. The van der Waals surface area contributed by atoms with Crippen molar-refractivity contribution in [2.45, 2.75) is 142 Å². The van der Waals surface area contributed by atoms with Crippen molar-refractivity contribution in [2.75, 3.05) is 13.1 Å². The Bertz CT molecular complexity index is 1480. The molecule has 1 aliphatic heterocycles. The maximum Gasteiger partial charge on any atom is 0.329 e. The smallest absolute Gasteiger partial charge is 0.329 e. The van der Waals surface area contributed by atoms with Crippen LogP contribution in [0, 0.1) is 17.8 Å². The largest absolute Gasteiger partial charge is 0.460 e. The van der Waals surface area contributed by atoms with Gasteiger partial charge in [0.25, 0.3) is 5.91 Å². The number of urea groups is 1. The van der Waals surface area contributed by atoms with Gasteiger partial charge in [-0.3, -0.25) is 24.0 Å². The van der Waals surface area contributed by atoms with Crippen LogP contribution in [0.3, 0.4) is 0 Å². The monoisotopic (exact) mass is 753 g/mol. The first-order chi connectivity index (χ1) is 25.6. The summed E-state index contributed by atoms with van der Waals surface area (Å²) in [6, 6.07) is 4.66. The molecule has 4 rings (SSSR count). The highest BCUT2D eigenvalue weighted by Crippen LogP contribution is 2.34. The van der Waals surface area contributed by atoms with Gasteiger partial charge in [0.15, 0.2) is 0 Å². The third kappa shape index (κ3) is 13.1. The van der Waals surface area contributed by atoms with Crippen LogP contribution < -0.4 is 21.3 Å². The molecule has 5 amide bonds. The average Bonchev–Trinajstić information content (AvgIpc) is 3.81. The summed E-state index contributed by atoms with van der Waals surface area (Å²) in [7, 11) is 0. The Kier molecular flexibility index (Phi) is 15.4. The molecular formula is C40H59N5O9. The first-order valence-corrected chi connectivity index (χ1v) is 19.5. The number of nitrogens with one attached hydrogen (secondary N) is 4. The first kappa shape index (κ1) is 42.3. The van der Waals surface area contributed by atoms with E-state index in [4.69, 9.17) is 9.47 Å². The van der Waals surface area contributed by atoms with Gasteiger partial charge in [0, 0.05) is 13.1 Å². The van der Waals surface area contributed by atoms with E-state index in [0.717, 1.165) is 50.5 Å². The molecule has 4 N–H and O–H groups in total. The molecule has 14 heteroatoms. The fourth-order valence-electron chi connectivity index (χ4n) is 7.07. The molecule has 3 fully saturated rings. The summed E-state index contributed by atoms with van der Waals surface area (Å²) in [6.07, 6.45) is 7.09. The summed E-state index contributed by atoms with van der Waals surface area (Å²) < 4.78 is 10.8. The molecule has 14 nitrogen and oxygen atoms in total. The minimum Gasteiger partial charge on any atom is -0.460 e. The number of carbonyl (C=O) groups excluding carboxylic acids is 7. The Hall–Kier alpha value is -4.49. The van der Waals surface area contributed by atoms with Gasteiger partial charge in [-0.05, 0) is 76.2 Å². The third-order valence-electron chi connectivity index (χ3n) is 10.1. The number of ketones is 1. The number of benzene rings is 1. The number of nitrogens with zero attached hydrogens (tertiary/aromatic N) is 1. The quantitative estimate of drug-likeness (QED) is 0.136. The number of rotatable bonds is 17. The van der Waals surface area contributed by atoms with Gasteiger partial charge in [0.1, 0.15) is 30.3 Å².